The second-order valence-corrected chi connectivity index (χ2v) is 9.35. The number of piperidine rings is 1. The number of benzene rings is 1. The van der Waals surface area contributed by atoms with E-state index >= 15 is 0 Å². The third-order valence-electron chi connectivity index (χ3n) is 6.22. The monoisotopic (exact) mass is 502 g/mol. The quantitative estimate of drug-likeness (QED) is 0.429. The Balaban J connectivity index is 0.000000371. The Kier molecular flexibility index (Phi) is 10.8. The van der Waals surface area contributed by atoms with Gasteiger partial charge in [0.1, 0.15) is 0 Å². The number of nitrogens with one attached hydrogen (secondary N) is 2. The Hall–Kier alpha value is -2.68. The van der Waals surface area contributed by atoms with Gasteiger partial charge in [-0.3, -0.25) is 19.5 Å². The number of hydrogen-bond donors (Lipinski definition) is 4. The number of likely N-dealkylation sites (tertiary alicyclic amines) is 1. The van der Waals surface area contributed by atoms with Crippen LogP contribution in [0.1, 0.15) is 54.5 Å². The van der Waals surface area contributed by atoms with Crippen LogP contribution < -0.4 is 10.6 Å². The Morgan fingerprint density at radius 3 is 2.37 bits per heavy atom. The first-order chi connectivity index (χ1) is 16.9. The summed E-state index contributed by atoms with van der Waals surface area (Å²) in [5, 5.41) is 23.7. The van der Waals surface area contributed by atoms with E-state index in [0.29, 0.717) is 0 Å². The zero-order chi connectivity index (χ0) is 25.0. The third-order valence-corrected chi connectivity index (χ3v) is 6.54. The van der Waals surface area contributed by atoms with E-state index in [4.69, 9.17) is 21.8 Å². The predicted molar refractivity (Wildman–Crippen MR) is 137 cm³/mol. The van der Waals surface area contributed by atoms with E-state index in [1.165, 1.54) is 54.7 Å². The van der Waals surface area contributed by atoms with Gasteiger partial charge in [-0.1, -0.05) is 30.2 Å². The Morgan fingerprint density at radius 1 is 1.00 bits per heavy atom. The molecule has 0 amide bonds. The van der Waals surface area contributed by atoms with Crippen LogP contribution in [0.3, 0.4) is 0 Å². The molecule has 1 saturated heterocycles. The minimum absolute atomic E-state index is 0.296. The lowest BCUT2D eigenvalue weighted by Gasteiger charge is -2.25. The molecule has 35 heavy (non-hydrogen) atoms. The number of hydrogen-bond acceptors (Lipinski definition) is 6. The molecule has 9 heteroatoms. The largest absolute Gasteiger partial charge is 0.481 e. The molecule has 1 aromatic carbocycles. The highest BCUT2D eigenvalue weighted by atomic mass is 35.5. The van der Waals surface area contributed by atoms with Crippen molar-refractivity contribution in [1.29, 1.82) is 0 Å². The van der Waals surface area contributed by atoms with Gasteiger partial charge in [-0.15, -0.1) is 0 Å². The van der Waals surface area contributed by atoms with Crippen LogP contribution in [-0.2, 0) is 35.5 Å². The molecule has 2 aliphatic heterocycles. The molecule has 0 atom stereocenters. The molecule has 2 aliphatic rings. The highest BCUT2D eigenvalue weighted by Gasteiger charge is 2.15. The van der Waals surface area contributed by atoms with Gasteiger partial charge in [0.2, 0.25) is 0 Å². The molecular weight excluding hydrogens is 468 g/mol. The number of rotatable bonds is 8. The minimum Gasteiger partial charge on any atom is -0.481 e. The van der Waals surface area contributed by atoms with Crippen molar-refractivity contribution in [3.8, 4) is 0 Å². The predicted octanol–water partition coefficient (Wildman–Crippen LogP) is 3.96. The van der Waals surface area contributed by atoms with Gasteiger partial charge in [0, 0.05) is 19.3 Å². The van der Waals surface area contributed by atoms with Gasteiger partial charge in [-0.05, 0) is 80.7 Å². The van der Waals surface area contributed by atoms with E-state index in [0.717, 1.165) is 49.7 Å². The molecule has 4 rings (SSSR count). The minimum atomic E-state index is -1.08. The Morgan fingerprint density at radius 2 is 1.71 bits per heavy atom. The molecule has 2 aromatic rings. The molecule has 0 aliphatic carbocycles. The van der Waals surface area contributed by atoms with Gasteiger partial charge >= 0.3 is 11.9 Å². The second kappa shape index (κ2) is 14.0. The van der Waals surface area contributed by atoms with Gasteiger partial charge < -0.3 is 20.8 Å². The van der Waals surface area contributed by atoms with Crippen molar-refractivity contribution in [1.82, 2.24) is 15.2 Å². The van der Waals surface area contributed by atoms with Crippen LogP contribution in [-0.4, -0.2) is 58.2 Å². The van der Waals surface area contributed by atoms with Crippen LogP contribution in [0, 0.1) is 0 Å². The number of aliphatic carboxylic acids is 2. The van der Waals surface area contributed by atoms with Crippen LogP contribution in [0.15, 0.2) is 30.5 Å². The lowest BCUT2D eigenvalue weighted by atomic mass is 10.0. The van der Waals surface area contributed by atoms with Crippen molar-refractivity contribution < 1.29 is 19.8 Å². The van der Waals surface area contributed by atoms with Gasteiger partial charge in [0.15, 0.2) is 0 Å². The number of pyridine rings is 1. The number of nitrogens with zero attached hydrogens (tertiary/aromatic N) is 2. The fraction of sp³-hybridized carbons (Fsp3) is 0.500. The van der Waals surface area contributed by atoms with E-state index in [9.17, 15) is 9.59 Å². The lowest BCUT2D eigenvalue weighted by molar-refractivity contribution is -0.143. The number of aromatic nitrogens is 1. The third kappa shape index (κ3) is 9.12. The Bertz CT molecular complexity index is 964. The van der Waals surface area contributed by atoms with Crippen molar-refractivity contribution in [2.45, 2.75) is 58.0 Å². The fourth-order valence-corrected chi connectivity index (χ4v) is 4.58. The van der Waals surface area contributed by atoms with Gasteiger partial charge in [-0.25, -0.2) is 0 Å². The van der Waals surface area contributed by atoms with Crippen molar-refractivity contribution >= 4 is 29.2 Å². The normalized spacial score (nSPS) is 15.8. The first-order valence-electron chi connectivity index (χ1n) is 12.3. The summed E-state index contributed by atoms with van der Waals surface area (Å²) in [7, 11) is 0. The summed E-state index contributed by atoms with van der Waals surface area (Å²) in [6, 6.07) is 8.56. The summed E-state index contributed by atoms with van der Waals surface area (Å²) >= 11 is 6.51. The maximum atomic E-state index is 9.64. The second-order valence-electron chi connectivity index (χ2n) is 8.95. The fourth-order valence-electron chi connectivity index (χ4n) is 4.34. The highest BCUT2D eigenvalue weighted by molar-refractivity contribution is 6.33. The van der Waals surface area contributed by atoms with Crippen molar-refractivity contribution in [3.63, 3.8) is 0 Å². The molecule has 0 bridgehead atoms. The summed E-state index contributed by atoms with van der Waals surface area (Å²) in [6.45, 7) is 6.18. The summed E-state index contributed by atoms with van der Waals surface area (Å²) in [5.74, 6) is -2.15. The highest BCUT2D eigenvalue weighted by Crippen LogP contribution is 2.31. The molecule has 190 valence electrons. The number of carboxylic acids is 2. The average molecular weight is 503 g/mol. The van der Waals surface area contributed by atoms with Crippen LogP contribution in [0.2, 0.25) is 5.02 Å². The van der Waals surface area contributed by atoms with E-state index < -0.39 is 11.9 Å². The average Bonchev–Trinajstić information content (AvgIpc) is 3.10. The first kappa shape index (κ1) is 26.9. The molecule has 0 saturated carbocycles. The molecule has 0 spiro atoms. The number of halogens is 1. The molecule has 0 unspecified atom stereocenters. The van der Waals surface area contributed by atoms with Crippen LogP contribution in [0.5, 0.6) is 0 Å². The van der Waals surface area contributed by atoms with Crippen LogP contribution >= 0.6 is 11.6 Å². The summed E-state index contributed by atoms with van der Waals surface area (Å²) in [6.07, 6.45) is 7.50. The molecule has 1 aromatic heterocycles. The molecule has 0 radical (unpaired) electrons. The zero-order valence-electron chi connectivity index (χ0n) is 20.1. The van der Waals surface area contributed by atoms with Gasteiger partial charge in [0.05, 0.1) is 29.2 Å². The standard InChI is InChI=1S/C22H29ClN4.C4H6O4/c23-21-7-5-18-8-10-24-11-9-20(18)22(21)26-15-17-4-6-19(25-14-17)16-27-12-2-1-3-13-27;5-3(6)1-2-4(7)8/h4-7,14,24,26H,1-3,8-13,15-16H2;1-2H2,(H,5,6)(H,7,8). The molecule has 8 nitrogen and oxygen atoms in total. The molecule has 3 heterocycles. The summed E-state index contributed by atoms with van der Waals surface area (Å²) in [4.78, 5) is 26.5. The Labute approximate surface area is 211 Å². The van der Waals surface area contributed by atoms with E-state index in [1.807, 2.05) is 12.3 Å². The van der Waals surface area contributed by atoms with Crippen LogP contribution in [0.4, 0.5) is 5.69 Å². The van der Waals surface area contributed by atoms with E-state index in [-0.39, 0.29) is 12.8 Å². The number of anilines is 1. The van der Waals surface area contributed by atoms with Crippen LogP contribution in [0.25, 0.3) is 0 Å². The first-order valence-corrected chi connectivity index (χ1v) is 12.6. The van der Waals surface area contributed by atoms with Gasteiger partial charge in [-0.2, -0.15) is 0 Å². The topological polar surface area (TPSA) is 115 Å². The summed E-state index contributed by atoms with van der Waals surface area (Å²) in [5.41, 5.74) is 6.22. The van der Waals surface area contributed by atoms with E-state index in [2.05, 4.69) is 38.7 Å². The molecular formula is C26H35ClN4O4. The zero-order valence-corrected chi connectivity index (χ0v) is 20.8. The number of carboxylic acid groups (broad SMARTS) is 2. The van der Waals surface area contributed by atoms with Gasteiger partial charge in [0.25, 0.3) is 0 Å². The van der Waals surface area contributed by atoms with E-state index in [1.54, 1.807) is 0 Å². The lowest BCUT2D eigenvalue weighted by Crippen LogP contribution is -2.29. The smallest absolute Gasteiger partial charge is 0.303 e. The molecule has 1 fully saturated rings. The SMILES string of the molecule is Clc1ccc2c(c1NCc1ccc(CN3CCCCC3)nc1)CCNCC2.O=C(O)CCC(=O)O. The number of fused-ring (bicyclic) bond motifs is 1. The van der Waals surface area contributed by atoms with Crippen molar-refractivity contribution in [2.75, 3.05) is 31.5 Å². The molecule has 4 N–H and O–H groups in total. The maximum Gasteiger partial charge on any atom is 0.303 e. The maximum absolute atomic E-state index is 9.64. The van der Waals surface area contributed by atoms with Crippen molar-refractivity contribution in [3.05, 3.63) is 57.9 Å². The summed E-state index contributed by atoms with van der Waals surface area (Å²) < 4.78 is 0. The number of carbonyl (C=O) groups is 2. The van der Waals surface area contributed by atoms with Crippen molar-refractivity contribution in [2.24, 2.45) is 0 Å².